The molecule has 1 rings (SSSR count). The average molecular weight is 257 g/mol. The highest BCUT2D eigenvalue weighted by Gasteiger charge is 2.10. The smallest absolute Gasteiger partial charge is 0.123 e. The zero-order valence-electron chi connectivity index (χ0n) is 11.2. The van der Waals surface area contributed by atoms with E-state index in [-0.39, 0.29) is 0 Å². The highest BCUT2D eigenvalue weighted by atomic mass is 35.5. The Morgan fingerprint density at radius 3 is 2.35 bits per heavy atom. The Morgan fingerprint density at radius 2 is 1.82 bits per heavy atom. The Hall–Kier alpha value is -0.930. The summed E-state index contributed by atoms with van der Waals surface area (Å²) in [4.78, 5) is 4.29. The Morgan fingerprint density at radius 1 is 1.18 bits per heavy atom. The van der Waals surface area contributed by atoms with E-state index in [0.29, 0.717) is 0 Å². The van der Waals surface area contributed by atoms with Gasteiger partial charge in [-0.3, -0.25) is 0 Å². The summed E-state index contributed by atoms with van der Waals surface area (Å²) in [5.41, 5.74) is 2.07. The van der Waals surface area contributed by atoms with Crippen LogP contribution in [0, 0.1) is 6.92 Å². The topological polar surface area (TPSA) is 15.7 Å². The zero-order chi connectivity index (χ0) is 13.0. The van der Waals surface area contributed by atoms with E-state index in [2.05, 4.69) is 23.9 Å². The Labute approximate surface area is 109 Å². The summed E-state index contributed by atoms with van der Waals surface area (Å²) in [6, 6.07) is 3.94. The Balaban J connectivity index is 2.89. The van der Waals surface area contributed by atoms with Gasteiger partial charge in [0.05, 0.1) is 17.8 Å². The van der Waals surface area contributed by atoms with Crippen molar-refractivity contribution in [1.29, 1.82) is 0 Å². The summed E-state index contributed by atoms with van der Waals surface area (Å²) in [5, 5.41) is 0.768. The molecule has 0 atom stereocenters. The molecule has 3 nitrogen and oxygen atoms in total. The Kier molecular flexibility index (Phi) is 5.09. The predicted octanol–water partition coefficient (Wildman–Crippen LogP) is 2.65. The number of ether oxygens (including phenoxy) is 1. The first kappa shape index (κ1) is 14.1. The van der Waals surface area contributed by atoms with E-state index in [0.717, 1.165) is 35.1 Å². The van der Waals surface area contributed by atoms with Crippen molar-refractivity contribution in [2.75, 3.05) is 46.2 Å². The molecule has 0 amide bonds. The van der Waals surface area contributed by atoms with Crippen molar-refractivity contribution < 1.29 is 4.74 Å². The van der Waals surface area contributed by atoms with Crippen LogP contribution in [0.25, 0.3) is 0 Å². The maximum atomic E-state index is 6.26. The molecule has 0 unspecified atom stereocenters. The van der Waals surface area contributed by atoms with Gasteiger partial charge in [-0.05, 0) is 32.6 Å². The van der Waals surface area contributed by atoms with Gasteiger partial charge in [0.15, 0.2) is 0 Å². The van der Waals surface area contributed by atoms with E-state index >= 15 is 0 Å². The van der Waals surface area contributed by atoms with Gasteiger partial charge >= 0.3 is 0 Å². The van der Waals surface area contributed by atoms with Crippen LogP contribution in [0.15, 0.2) is 12.1 Å². The first-order valence-electron chi connectivity index (χ1n) is 5.65. The molecule has 0 aliphatic rings. The van der Waals surface area contributed by atoms with Crippen molar-refractivity contribution in [2.24, 2.45) is 0 Å². The van der Waals surface area contributed by atoms with Crippen molar-refractivity contribution in [2.45, 2.75) is 6.92 Å². The lowest BCUT2D eigenvalue weighted by molar-refractivity contribution is 0.410. The van der Waals surface area contributed by atoms with Gasteiger partial charge in [-0.25, -0.2) is 0 Å². The highest BCUT2D eigenvalue weighted by molar-refractivity contribution is 6.33. The lowest BCUT2D eigenvalue weighted by atomic mass is 10.2. The molecule has 96 valence electrons. The SMILES string of the molecule is COc1cc(N(C)CCN(C)C)c(Cl)cc1C. The van der Waals surface area contributed by atoms with E-state index in [1.807, 2.05) is 26.1 Å². The van der Waals surface area contributed by atoms with Gasteiger partial charge in [-0.1, -0.05) is 11.6 Å². The molecule has 0 heterocycles. The minimum absolute atomic E-state index is 0.768. The van der Waals surface area contributed by atoms with Gasteiger partial charge in [-0.2, -0.15) is 0 Å². The summed E-state index contributed by atoms with van der Waals surface area (Å²) >= 11 is 6.26. The van der Waals surface area contributed by atoms with E-state index < -0.39 is 0 Å². The number of aryl methyl sites for hydroxylation is 1. The fourth-order valence-electron chi connectivity index (χ4n) is 1.62. The van der Waals surface area contributed by atoms with Gasteiger partial charge in [0.2, 0.25) is 0 Å². The quantitative estimate of drug-likeness (QED) is 0.806. The van der Waals surface area contributed by atoms with E-state index in [1.165, 1.54) is 0 Å². The molecule has 0 fully saturated rings. The van der Waals surface area contributed by atoms with Crippen LogP contribution in [0.4, 0.5) is 5.69 Å². The fraction of sp³-hybridized carbons (Fsp3) is 0.538. The van der Waals surface area contributed by atoms with Crippen LogP contribution in [0.3, 0.4) is 0 Å². The van der Waals surface area contributed by atoms with E-state index in [1.54, 1.807) is 7.11 Å². The summed E-state index contributed by atoms with van der Waals surface area (Å²) in [7, 11) is 7.84. The van der Waals surface area contributed by atoms with Crippen molar-refractivity contribution in [3.8, 4) is 5.75 Å². The molecular weight excluding hydrogens is 236 g/mol. The van der Waals surface area contributed by atoms with E-state index in [4.69, 9.17) is 16.3 Å². The van der Waals surface area contributed by atoms with Crippen LogP contribution in [-0.4, -0.2) is 46.2 Å². The molecule has 1 aromatic carbocycles. The second-order valence-corrected chi connectivity index (χ2v) is 4.91. The molecule has 0 saturated heterocycles. The first-order valence-corrected chi connectivity index (χ1v) is 6.03. The van der Waals surface area contributed by atoms with Crippen LogP contribution in [-0.2, 0) is 0 Å². The number of halogens is 1. The standard InChI is InChI=1S/C13H21ClN2O/c1-10-8-11(14)12(9-13(10)17-5)16(4)7-6-15(2)3/h8-9H,6-7H2,1-5H3. The highest BCUT2D eigenvalue weighted by Crippen LogP contribution is 2.32. The van der Waals surface area contributed by atoms with Gasteiger partial charge in [-0.15, -0.1) is 0 Å². The second-order valence-electron chi connectivity index (χ2n) is 4.50. The number of methoxy groups -OCH3 is 1. The zero-order valence-corrected chi connectivity index (χ0v) is 12.0. The summed E-state index contributed by atoms with van der Waals surface area (Å²) in [6.45, 7) is 3.91. The lowest BCUT2D eigenvalue weighted by Crippen LogP contribution is -2.28. The molecule has 0 aromatic heterocycles. The molecule has 0 N–H and O–H groups in total. The maximum Gasteiger partial charge on any atom is 0.123 e. The average Bonchev–Trinajstić information content (AvgIpc) is 2.26. The van der Waals surface area contributed by atoms with Crippen LogP contribution in [0.5, 0.6) is 5.75 Å². The molecule has 0 spiro atoms. The number of benzene rings is 1. The Bertz CT molecular complexity index is 380. The van der Waals surface area contributed by atoms with Crippen LogP contribution >= 0.6 is 11.6 Å². The molecule has 0 bridgehead atoms. The molecule has 4 heteroatoms. The third-order valence-electron chi connectivity index (χ3n) is 2.76. The van der Waals surface area contributed by atoms with Crippen molar-refractivity contribution in [1.82, 2.24) is 4.90 Å². The second kappa shape index (κ2) is 6.12. The van der Waals surface area contributed by atoms with Gasteiger partial charge in [0.1, 0.15) is 5.75 Å². The maximum absolute atomic E-state index is 6.26. The normalized spacial score (nSPS) is 10.8. The summed E-state index contributed by atoms with van der Waals surface area (Å²) < 4.78 is 5.32. The van der Waals surface area contributed by atoms with Crippen molar-refractivity contribution >= 4 is 17.3 Å². The third kappa shape index (κ3) is 3.79. The van der Waals surface area contributed by atoms with Crippen LogP contribution < -0.4 is 9.64 Å². The molecule has 0 saturated carbocycles. The fourth-order valence-corrected chi connectivity index (χ4v) is 1.99. The summed E-state index contributed by atoms with van der Waals surface area (Å²) in [6.07, 6.45) is 0. The number of anilines is 1. The number of rotatable bonds is 5. The first-order chi connectivity index (χ1) is 7.95. The number of hydrogen-bond acceptors (Lipinski definition) is 3. The third-order valence-corrected chi connectivity index (χ3v) is 3.06. The van der Waals surface area contributed by atoms with Crippen molar-refractivity contribution in [3.05, 3.63) is 22.7 Å². The largest absolute Gasteiger partial charge is 0.496 e. The minimum atomic E-state index is 0.768. The molecule has 1 aromatic rings. The van der Waals surface area contributed by atoms with Gasteiger partial charge in [0.25, 0.3) is 0 Å². The number of nitrogens with zero attached hydrogens (tertiary/aromatic N) is 2. The van der Waals surface area contributed by atoms with Crippen LogP contribution in [0.2, 0.25) is 5.02 Å². The van der Waals surface area contributed by atoms with E-state index in [9.17, 15) is 0 Å². The number of hydrogen-bond donors (Lipinski definition) is 0. The lowest BCUT2D eigenvalue weighted by Gasteiger charge is -2.23. The van der Waals surface area contributed by atoms with Crippen LogP contribution in [0.1, 0.15) is 5.56 Å². The molecule has 0 radical (unpaired) electrons. The monoisotopic (exact) mass is 256 g/mol. The predicted molar refractivity (Wildman–Crippen MR) is 74.6 cm³/mol. The molecule has 0 aliphatic carbocycles. The molecule has 0 aliphatic heterocycles. The van der Waals surface area contributed by atoms with Gasteiger partial charge < -0.3 is 14.5 Å². The number of likely N-dealkylation sites (N-methyl/N-ethyl adjacent to an activating group) is 2. The molecule has 17 heavy (non-hydrogen) atoms. The van der Waals surface area contributed by atoms with Crippen molar-refractivity contribution in [3.63, 3.8) is 0 Å². The van der Waals surface area contributed by atoms with Gasteiger partial charge in [0, 0.05) is 26.2 Å². The molecular formula is C13H21ClN2O. The minimum Gasteiger partial charge on any atom is -0.496 e. The summed E-state index contributed by atoms with van der Waals surface area (Å²) in [5.74, 6) is 0.876.